The summed E-state index contributed by atoms with van der Waals surface area (Å²) in [4.78, 5) is 2.20. The van der Waals surface area contributed by atoms with Gasteiger partial charge in [0.2, 0.25) is 0 Å². The van der Waals surface area contributed by atoms with Crippen molar-refractivity contribution in [2.75, 3.05) is 7.05 Å². The molecule has 0 aliphatic rings. The molecule has 3 aromatic rings. The van der Waals surface area contributed by atoms with Crippen LogP contribution in [0.3, 0.4) is 0 Å². The summed E-state index contributed by atoms with van der Waals surface area (Å²) in [6.45, 7) is 8.30. The highest BCUT2D eigenvalue weighted by atomic mass is 35.5. The van der Waals surface area contributed by atoms with Crippen LogP contribution < -0.4 is 0 Å². The Morgan fingerprint density at radius 3 is 2.60 bits per heavy atom. The van der Waals surface area contributed by atoms with Gasteiger partial charge >= 0.3 is 0 Å². The zero-order valence-corrected chi connectivity index (χ0v) is 16.0. The van der Waals surface area contributed by atoms with E-state index in [0.717, 1.165) is 35.8 Å². The lowest BCUT2D eigenvalue weighted by Gasteiger charge is -2.16. The number of rotatable bonds is 6. The van der Waals surface area contributed by atoms with E-state index in [1.807, 2.05) is 31.6 Å². The number of hydrogen-bond donors (Lipinski definition) is 0. The summed E-state index contributed by atoms with van der Waals surface area (Å²) in [7, 11) is 3.89. The molecule has 134 valence electrons. The van der Waals surface area contributed by atoms with E-state index in [0.29, 0.717) is 17.4 Å². The second kappa shape index (κ2) is 7.01. The Kier molecular flexibility index (Phi) is 4.96. The molecule has 8 heteroatoms. The third kappa shape index (κ3) is 3.62. The lowest BCUT2D eigenvalue weighted by Crippen LogP contribution is -2.18. The molecule has 3 heterocycles. The van der Waals surface area contributed by atoms with Gasteiger partial charge in [-0.25, -0.2) is 0 Å². The summed E-state index contributed by atoms with van der Waals surface area (Å²) in [6, 6.07) is 1.87. The highest BCUT2D eigenvalue weighted by Gasteiger charge is 2.20. The molecule has 0 atom stereocenters. The molecule has 0 radical (unpaired) electrons. The maximum atomic E-state index is 6.47. The van der Waals surface area contributed by atoms with Crippen LogP contribution in [0.25, 0.3) is 11.4 Å². The number of halogens is 1. The number of nitrogens with zero attached hydrogens (tertiary/aromatic N) is 6. The van der Waals surface area contributed by atoms with Gasteiger partial charge < -0.3 is 4.52 Å². The summed E-state index contributed by atoms with van der Waals surface area (Å²) in [6.07, 6.45) is 2.10. The first-order valence-electron chi connectivity index (χ1n) is 8.25. The largest absolute Gasteiger partial charge is 0.361 e. The lowest BCUT2D eigenvalue weighted by molar-refractivity contribution is 0.318. The smallest absolute Gasteiger partial charge is 0.134 e. The molecule has 7 nitrogen and oxygen atoms in total. The van der Waals surface area contributed by atoms with Crippen molar-refractivity contribution in [2.24, 2.45) is 7.05 Å². The first-order chi connectivity index (χ1) is 11.9. The van der Waals surface area contributed by atoms with Gasteiger partial charge in [-0.15, -0.1) is 0 Å². The van der Waals surface area contributed by atoms with Crippen molar-refractivity contribution in [1.29, 1.82) is 0 Å². The summed E-state index contributed by atoms with van der Waals surface area (Å²) in [5.74, 6) is 0.749. The summed E-state index contributed by atoms with van der Waals surface area (Å²) in [5, 5.41) is 13.7. The third-order valence-corrected chi connectivity index (χ3v) is 4.65. The zero-order chi connectivity index (χ0) is 18.1. The predicted molar refractivity (Wildman–Crippen MR) is 96.3 cm³/mol. The lowest BCUT2D eigenvalue weighted by atomic mass is 10.1. The van der Waals surface area contributed by atoms with Crippen LogP contribution in [0.5, 0.6) is 0 Å². The van der Waals surface area contributed by atoms with Crippen molar-refractivity contribution >= 4 is 11.6 Å². The minimum atomic E-state index is 0.614. The molecular formula is C17H23ClN6O. The molecule has 3 rings (SSSR count). The van der Waals surface area contributed by atoms with Gasteiger partial charge in [0.1, 0.15) is 22.3 Å². The van der Waals surface area contributed by atoms with Crippen molar-refractivity contribution in [3.63, 3.8) is 0 Å². The Balaban J connectivity index is 1.83. The number of hydrogen-bond acceptors (Lipinski definition) is 5. The highest BCUT2D eigenvalue weighted by Crippen LogP contribution is 2.29. The summed E-state index contributed by atoms with van der Waals surface area (Å²) in [5.41, 5.74) is 4.68. The van der Waals surface area contributed by atoms with Gasteiger partial charge in [-0.2, -0.15) is 10.2 Å². The van der Waals surface area contributed by atoms with E-state index in [9.17, 15) is 0 Å². The maximum absolute atomic E-state index is 6.47. The molecular weight excluding hydrogens is 340 g/mol. The molecule has 0 bridgehead atoms. The highest BCUT2D eigenvalue weighted by molar-refractivity contribution is 6.30. The van der Waals surface area contributed by atoms with E-state index in [1.165, 1.54) is 5.56 Å². The van der Waals surface area contributed by atoms with Crippen molar-refractivity contribution in [3.8, 4) is 11.4 Å². The van der Waals surface area contributed by atoms with E-state index in [1.54, 1.807) is 4.68 Å². The van der Waals surface area contributed by atoms with Gasteiger partial charge in [0.15, 0.2) is 0 Å². The van der Waals surface area contributed by atoms with Crippen LogP contribution in [-0.4, -0.2) is 36.7 Å². The molecule has 0 saturated heterocycles. The monoisotopic (exact) mass is 362 g/mol. The summed E-state index contributed by atoms with van der Waals surface area (Å²) >= 11 is 6.47. The number of aryl methyl sites for hydroxylation is 4. The quantitative estimate of drug-likeness (QED) is 0.673. The Morgan fingerprint density at radius 2 is 2.00 bits per heavy atom. The minimum Gasteiger partial charge on any atom is -0.361 e. The first kappa shape index (κ1) is 17.7. The van der Waals surface area contributed by atoms with Gasteiger partial charge in [0.25, 0.3) is 0 Å². The molecule has 0 unspecified atom stereocenters. The topological polar surface area (TPSA) is 64.9 Å². The predicted octanol–water partition coefficient (Wildman–Crippen LogP) is 3.19. The Labute approximate surface area is 152 Å². The fourth-order valence-corrected chi connectivity index (χ4v) is 3.05. The number of aromatic nitrogens is 5. The van der Waals surface area contributed by atoms with Crippen LogP contribution in [0, 0.1) is 13.8 Å². The zero-order valence-electron chi connectivity index (χ0n) is 15.2. The average Bonchev–Trinajstić information content (AvgIpc) is 3.22. The molecule has 25 heavy (non-hydrogen) atoms. The first-order valence-corrected chi connectivity index (χ1v) is 8.63. The average molecular weight is 363 g/mol. The van der Waals surface area contributed by atoms with E-state index >= 15 is 0 Å². The van der Waals surface area contributed by atoms with Crippen molar-refractivity contribution < 1.29 is 4.52 Å². The van der Waals surface area contributed by atoms with E-state index < -0.39 is 0 Å². The van der Waals surface area contributed by atoms with Crippen LogP contribution >= 0.6 is 11.6 Å². The van der Waals surface area contributed by atoms with Crippen LogP contribution in [0.1, 0.15) is 29.5 Å². The maximum Gasteiger partial charge on any atom is 0.134 e. The van der Waals surface area contributed by atoms with Crippen LogP contribution in [-0.2, 0) is 26.7 Å². The normalized spacial score (nSPS) is 11.6. The van der Waals surface area contributed by atoms with Crippen molar-refractivity contribution in [1.82, 2.24) is 29.6 Å². The fraction of sp³-hybridized carbons (Fsp3) is 0.471. The molecule has 0 saturated carbocycles. The Bertz CT molecular complexity index is 878. The van der Waals surface area contributed by atoms with E-state index in [2.05, 4.69) is 40.4 Å². The molecule has 0 spiro atoms. The van der Waals surface area contributed by atoms with E-state index in [-0.39, 0.29) is 0 Å². The van der Waals surface area contributed by atoms with Crippen LogP contribution in [0.2, 0.25) is 5.15 Å². The molecule has 0 aliphatic carbocycles. The van der Waals surface area contributed by atoms with E-state index in [4.69, 9.17) is 16.1 Å². The molecule has 0 fully saturated rings. The van der Waals surface area contributed by atoms with Gasteiger partial charge in [-0.3, -0.25) is 14.3 Å². The van der Waals surface area contributed by atoms with Crippen molar-refractivity contribution in [2.45, 2.75) is 40.4 Å². The Hall–Kier alpha value is -2.12. The van der Waals surface area contributed by atoms with Crippen LogP contribution in [0.4, 0.5) is 0 Å². The van der Waals surface area contributed by atoms with Gasteiger partial charge in [0, 0.05) is 50.1 Å². The second-order valence-electron chi connectivity index (χ2n) is 6.33. The van der Waals surface area contributed by atoms with Gasteiger partial charge in [-0.05, 0) is 27.8 Å². The standard InChI is InChI=1S/C17H23ClN6O/c1-6-24-9-13(12(3)19-24)8-22(4)10-14-16(20-23(5)17(14)18)15-7-11(2)25-21-15/h7,9H,6,8,10H2,1-5H3. The molecule has 0 aliphatic heterocycles. The SMILES string of the molecule is CCn1cc(CN(C)Cc2c(-c3cc(C)on3)nn(C)c2Cl)c(C)n1. The van der Waals surface area contributed by atoms with Crippen molar-refractivity contribution in [3.05, 3.63) is 40.0 Å². The molecule has 3 aromatic heterocycles. The fourth-order valence-electron chi connectivity index (χ4n) is 2.86. The van der Waals surface area contributed by atoms with Crippen LogP contribution in [0.15, 0.2) is 16.8 Å². The second-order valence-corrected chi connectivity index (χ2v) is 6.69. The molecule has 0 aromatic carbocycles. The summed E-state index contributed by atoms with van der Waals surface area (Å²) < 4.78 is 8.82. The minimum absolute atomic E-state index is 0.614. The molecule has 0 amide bonds. The van der Waals surface area contributed by atoms with Gasteiger partial charge in [-0.1, -0.05) is 16.8 Å². The third-order valence-electron chi connectivity index (χ3n) is 4.18. The van der Waals surface area contributed by atoms with Gasteiger partial charge in [0.05, 0.1) is 5.69 Å². The molecule has 0 N–H and O–H groups in total. The Morgan fingerprint density at radius 1 is 1.24 bits per heavy atom.